The highest BCUT2D eigenvalue weighted by atomic mass is 16.6. The highest BCUT2D eigenvalue weighted by molar-refractivity contribution is 5.25. The first-order valence-corrected chi connectivity index (χ1v) is 5.80. The molecule has 2 aliphatic heterocycles. The van der Waals surface area contributed by atoms with Crippen molar-refractivity contribution in [2.75, 3.05) is 26.4 Å². The van der Waals surface area contributed by atoms with E-state index in [4.69, 9.17) is 19.3 Å². The smallest absolute Gasteiger partial charge is 0.115 e. The van der Waals surface area contributed by atoms with Gasteiger partial charge in [-0.1, -0.05) is 12.1 Å². The third-order valence-corrected chi connectivity index (χ3v) is 2.41. The monoisotopic (exact) mass is 238 g/mol. The first-order valence-electron chi connectivity index (χ1n) is 5.80. The van der Waals surface area contributed by atoms with Gasteiger partial charge in [0.15, 0.2) is 0 Å². The molecular weight excluding hydrogens is 220 g/mol. The molecule has 2 unspecified atom stereocenters. The van der Waals surface area contributed by atoms with Gasteiger partial charge in [0.1, 0.15) is 18.0 Å². The molecule has 2 saturated heterocycles. The zero-order valence-corrected chi connectivity index (χ0v) is 9.96. The van der Waals surface area contributed by atoms with Crippen LogP contribution in [0.15, 0.2) is 24.3 Å². The summed E-state index contributed by atoms with van der Waals surface area (Å²) in [7, 11) is 0. The van der Waals surface area contributed by atoms with Crippen LogP contribution in [0.2, 0.25) is 0 Å². The second-order valence-corrected chi connectivity index (χ2v) is 4.29. The van der Waals surface area contributed by atoms with E-state index >= 15 is 0 Å². The minimum absolute atomic E-state index is 0.338. The van der Waals surface area contributed by atoms with E-state index in [2.05, 4.69) is 0 Å². The Morgan fingerprint density at radius 1 is 1.24 bits per heavy atom. The van der Waals surface area contributed by atoms with Gasteiger partial charge in [-0.25, -0.2) is 0 Å². The van der Waals surface area contributed by atoms with E-state index in [-0.39, 0.29) is 0 Å². The fourth-order valence-corrected chi connectivity index (χ4v) is 1.29. The van der Waals surface area contributed by atoms with Crippen LogP contribution < -0.4 is 0 Å². The van der Waals surface area contributed by atoms with Crippen molar-refractivity contribution in [1.82, 2.24) is 0 Å². The van der Waals surface area contributed by atoms with Crippen LogP contribution in [0.4, 0.5) is 0 Å². The van der Waals surface area contributed by atoms with Gasteiger partial charge in [0.05, 0.1) is 26.4 Å². The number of phenols is 1. The maximum absolute atomic E-state index is 8.81. The lowest BCUT2D eigenvalue weighted by Crippen LogP contribution is -2.06. The molecule has 2 atom stereocenters. The summed E-state index contributed by atoms with van der Waals surface area (Å²) in [6.45, 7) is 5.20. The van der Waals surface area contributed by atoms with Crippen LogP contribution in [0.25, 0.3) is 0 Å². The van der Waals surface area contributed by atoms with Gasteiger partial charge in [0.25, 0.3) is 0 Å². The van der Waals surface area contributed by atoms with Crippen LogP contribution in [0.5, 0.6) is 5.75 Å². The molecule has 94 valence electrons. The summed E-state index contributed by atoms with van der Waals surface area (Å²) < 4.78 is 15.1. The van der Waals surface area contributed by atoms with Gasteiger partial charge in [-0.15, -0.1) is 0 Å². The third kappa shape index (κ3) is 5.68. The highest BCUT2D eigenvalue weighted by Gasteiger charge is 2.26. The molecule has 0 aliphatic carbocycles. The molecule has 1 aromatic carbocycles. The number of aromatic hydroxyl groups is 1. The summed E-state index contributed by atoms with van der Waals surface area (Å²) in [5.41, 5.74) is 1.09. The largest absolute Gasteiger partial charge is 0.508 e. The lowest BCUT2D eigenvalue weighted by molar-refractivity contribution is 0.102. The molecule has 0 spiro atoms. The van der Waals surface area contributed by atoms with E-state index in [1.165, 1.54) is 0 Å². The molecule has 17 heavy (non-hydrogen) atoms. The SMILES string of the molecule is C(OCC1CO1)C1CO1.Cc1cccc(O)c1. The van der Waals surface area contributed by atoms with E-state index in [1.807, 2.05) is 19.1 Å². The quantitative estimate of drug-likeness (QED) is 0.808. The average molecular weight is 238 g/mol. The molecule has 1 aromatic rings. The Morgan fingerprint density at radius 3 is 2.18 bits per heavy atom. The predicted octanol–water partition coefficient (Wildman–Crippen LogP) is 1.50. The van der Waals surface area contributed by atoms with E-state index in [0.717, 1.165) is 32.0 Å². The minimum Gasteiger partial charge on any atom is -0.508 e. The van der Waals surface area contributed by atoms with Gasteiger partial charge >= 0.3 is 0 Å². The minimum atomic E-state index is 0.338. The second-order valence-electron chi connectivity index (χ2n) is 4.29. The standard InChI is InChI=1S/C7H8O.C6H10O3/c1-6-3-2-4-7(8)5-6;1(5-3-8-5)7-2-6-4-9-6/h2-5,8H,1H3;5-6H,1-4H2. The van der Waals surface area contributed by atoms with Crippen LogP contribution in [0.3, 0.4) is 0 Å². The van der Waals surface area contributed by atoms with E-state index < -0.39 is 0 Å². The van der Waals surface area contributed by atoms with Crippen molar-refractivity contribution in [2.24, 2.45) is 0 Å². The summed E-state index contributed by atoms with van der Waals surface area (Å²) in [5, 5.41) is 8.81. The summed E-state index contributed by atoms with van der Waals surface area (Å²) in [6.07, 6.45) is 0.785. The van der Waals surface area contributed by atoms with Crippen LogP contribution in [0, 0.1) is 6.92 Å². The lowest BCUT2D eigenvalue weighted by atomic mass is 10.2. The lowest BCUT2D eigenvalue weighted by Gasteiger charge is -1.95. The molecule has 0 saturated carbocycles. The highest BCUT2D eigenvalue weighted by Crippen LogP contribution is 2.12. The summed E-state index contributed by atoms with van der Waals surface area (Å²) in [6, 6.07) is 7.15. The van der Waals surface area contributed by atoms with Crippen molar-refractivity contribution in [2.45, 2.75) is 19.1 Å². The Bertz CT molecular complexity index is 316. The number of benzene rings is 1. The molecule has 4 heteroatoms. The van der Waals surface area contributed by atoms with Crippen molar-refractivity contribution in [1.29, 1.82) is 0 Å². The fourth-order valence-electron chi connectivity index (χ4n) is 1.29. The number of phenolic OH excluding ortho intramolecular Hbond substituents is 1. The molecule has 2 fully saturated rings. The van der Waals surface area contributed by atoms with E-state index in [9.17, 15) is 0 Å². The number of hydrogen-bond donors (Lipinski definition) is 1. The molecular formula is C13H18O4. The Kier molecular flexibility index (Phi) is 4.36. The van der Waals surface area contributed by atoms with Gasteiger partial charge in [-0.05, 0) is 24.6 Å². The van der Waals surface area contributed by atoms with Gasteiger partial charge < -0.3 is 19.3 Å². The molecule has 2 aliphatic rings. The van der Waals surface area contributed by atoms with Gasteiger partial charge in [0, 0.05) is 0 Å². The first-order chi connectivity index (χ1) is 8.24. The molecule has 3 rings (SSSR count). The van der Waals surface area contributed by atoms with Gasteiger partial charge in [-0.2, -0.15) is 0 Å². The Labute approximate surface area is 101 Å². The zero-order chi connectivity index (χ0) is 12.1. The van der Waals surface area contributed by atoms with Crippen molar-refractivity contribution >= 4 is 0 Å². The topological polar surface area (TPSA) is 54.5 Å². The summed E-state index contributed by atoms with van der Waals surface area (Å²) >= 11 is 0. The maximum Gasteiger partial charge on any atom is 0.115 e. The molecule has 0 bridgehead atoms. The average Bonchev–Trinajstić information content (AvgIpc) is 3.13. The van der Waals surface area contributed by atoms with Crippen LogP contribution in [-0.2, 0) is 14.2 Å². The number of epoxide rings is 2. The summed E-state index contributed by atoms with van der Waals surface area (Å²) in [5.74, 6) is 0.338. The zero-order valence-electron chi connectivity index (χ0n) is 9.96. The number of hydrogen-bond acceptors (Lipinski definition) is 4. The number of aryl methyl sites for hydroxylation is 1. The first kappa shape index (κ1) is 12.4. The number of rotatable bonds is 4. The molecule has 0 aromatic heterocycles. The predicted molar refractivity (Wildman–Crippen MR) is 63.1 cm³/mol. The third-order valence-electron chi connectivity index (χ3n) is 2.41. The molecule has 0 radical (unpaired) electrons. The molecule has 4 nitrogen and oxygen atoms in total. The normalized spacial score (nSPS) is 24.8. The molecule has 0 amide bonds. The van der Waals surface area contributed by atoms with Crippen LogP contribution >= 0.6 is 0 Å². The van der Waals surface area contributed by atoms with E-state index in [1.54, 1.807) is 12.1 Å². The maximum atomic E-state index is 8.81. The van der Waals surface area contributed by atoms with Crippen LogP contribution in [0.1, 0.15) is 5.56 Å². The van der Waals surface area contributed by atoms with Crippen molar-refractivity contribution in [3.05, 3.63) is 29.8 Å². The van der Waals surface area contributed by atoms with Gasteiger partial charge in [-0.3, -0.25) is 0 Å². The van der Waals surface area contributed by atoms with Crippen molar-refractivity contribution < 1.29 is 19.3 Å². The summed E-state index contributed by atoms with van der Waals surface area (Å²) in [4.78, 5) is 0. The fraction of sp³-hybridized carbons (Fsp3) is 0.538. The molecule has 1 N–H and O–H groups in total. The van der Waals surface area contributed by atoms with Crippen molar-refractivity contribution in [3.63, 3.8) is 0 Å². The molecule has 2 heterocycles. The Hall–Kier alpha value is -1.10. The second kappa shape index (κ2) is 6.00. The van der Waals surface area contributed by atoms with Gasteiger partial charge in [0.2, 0.25) is 0 Å². The van der Waals surface area contributed by atoms with Crippen molar-refractivity contribution in [3.8, 4) is 5.75 Å². The number of ether oxygens (including phenoxy) is 3. The van der Waals surface area contributed by atoms with E-state index in [0.29, 0.717) is 18.0 Å². The van der Waals surface area contributed by atoms with Crippen LogP contribution in [-0.4, -0.2) is 43.7 Å². The Balaban J connectivity index is 0.000000128. The Morgan fingerprint density at radius 2 is 1.82 bits per heavy atom.